The van der Waals surface area contributed by atoms with Crippen molar-refractivity contribution in [3.8, 4) is 5.75 Å². The minimum Gasteiger partial charge on any atom is -0.493 e. The first kappa shape index (κ1) is 8.38. The summed E-state index contributed by atoms with van der Waals surface area (Å²) in [7, 11) is 1.71. The lowest BCUT2D eigenvalue weighted by Crippen LogP contribution is -2.15. The third-order valence-electron chi connectivity index (χ3n) is 2.30. The van der Waals surface area contributed by atoms with Crippen LogP contribution >= 0.6 is 0 Å². The fourth-order valence-corrected chi connectivity index (χ4v) is 1.63. The average Bonchev–Trinajstić information content (AvgIpc) is 2.17. The Kier molecular flexibility index (Phi) is 2.10. The number of rotatable bonds is 1. The van der Waals surface area contributed by atoms with Crippen molar-refractivity contribution in [1.29, 1.82) is 0 Å². The topological polar surface area (TPSA) is 44.5 Å². The summed E-state index contributed by atoms with van der Waals surface area (Å²) in [6, 6.07) is 5.66. The highest BCUT2D eigenvalue weighted by molar-refractivity contribution is 5.49. The Morgan fingerprint density at radius 3 is 3.15 bits per heavy atom. The zero-order chi connectivity index (χ0) is 9.26. The molecule has 0 bridgehead atoms. The van der Waals surface area contributed by atoms with Crippen LogP contribution in [0.3, 0.4) is 0 Å². The molecule has 13 heavy (non-hydrogen) atoms. The second kappa shape index (κ2) is 3.26. The normalized spacial score (nSPS) is 20.5. The molecule has 0 amide bonds. The van der Waals surface area contributed by atoms with Crippen LogP contribution in [-0.4, -0.2) is 13.7 Å². The zero-order valence-corrected chi connectivity index (χ0v) is 7.62. The van der Waals surface area contributed by atoms with Crippen LogP contribution in [0.2, 0.25) is 0 Å². The van der Waals surface area contributed by atoms with E-state index in [4.69, 9.17) is 15.2 Å². The van der Waals surface area contributed by atoms with Crippen molar-refractivity contribution in [2.75, 3.05) is 19.5 Å². The summed E-state index contributed by atoms with van der Waals surface area (Å²) >= 11 is 0. The molecule has 3 heteroatoms. The van der Waals surface area contributed by atoms with Gasteiger partial charge in [-0.25, -0.2) is 0 Å². The Bertz CT molecular complexity index is 312. The molecule has 0 aliphatic carbocycles. The molecule has 0 saturated carbocycles. The van der Waals surface area contributed by atoms with Gasteiger partial charge < -0.3 is 15.2 Å². The Morgan fingerprint density at radius 2 is 2.38 bits per heavy atom. The lowest BCUT2D eigenvalue weighted by Gasteiger charge is -2.24. The van der Waals surface area contributed by atoms with Gasteiger partial charge in [-0.1, -0.05) is 0 Å². The summed E-state index contributed by atoms with van der Waals surface area (Å²) < 4.78 is 10.8. The number of anilines is 1. The summed E-state index contributed by atoms with van der Waals surface area (Å²) in [4.78, 5) is 0. The van der Waals surface area contributed by atoms with Gasteiger partial charge in [0.05, 0.1) is 12.7 Å². The zero-order valence-electron chi connectivity index (χ0n) is 7.62. The van der Waals surface area contributed by atoms with Crippen LogP contribution in [0.1, 0.15) is 18.1 Å². The molecule has 3 nitrogen and oxygen atoms in total. The van der Waals surface area contributed by atoms with Crippen LogP contribution in [0.5, 0.6) is 5.75 Å². The minimum absolute atomic E-state index is 0.132. The maximum atomic E-state index is 5.69. The number of fused-ring (bicyclic) bond motifs is 1. The van der Waals surface area contributed by atoms with E-state index in [2.05, 4.69) is 0 Å². The number of hydrogen-bond donors (Lipinski definition) is 1. The lowest BCUT2D eigenvalue weighted by atomic mass is 10.0. The van der Waals surface area contributed by atoms with Gasteiger partial charge in [0.1, 0.15) is 5.75 Å². The Hall–Kier alpha value is -1.22. The van der Waals surface area contributed by atoms with Gasteiger partial charge in [-0.3, -0.25) is 0 Å². The summed E-state index contributed by atoms with van der Waals surface area (Å²) in [6.45, 7) is 0.718. The number of nitrogens with two attached hydrogens (primary N) is 1. The molecule has 1 heterocycles. The molecule has 0 saturated heterocycles. The first-order valence-corrected chi connectivity index (χ1v) is 4.36. The van der Waals surface area contributed by atoms with E-state index < -0.39 is 0 Å². The number of methoxy groups -OCH3 is 1. The van der Waals surface area contributed by atoms with Crippen LogP contribution < -0.4 is 10.5 Å². The molecular weight excluding hydrogens is 166 g/mol. The third kappa shape index (κ3) is 1.47. The van der Waals surface area contributed by atoms with Crippen molar-refractivity contribution in [2.45, 2.75) is 12.5 Å². The smallest absolute Gasteiger partial charge is 0.125 e. The fourth-order valence-electron chi connectivity index (χ4n) is 1.63. The van der Waals surface area contributed by atoms with E-state index in [9.17, 15) is 0 Å². The van der Waals surface area contributed by atoms with Crippen LogP contribution in [0.15, 0.2) is 18.2 Å². The van der Waals surface area contributed by atoms with Gasteiger partial charge in [0.25, 0.3) is 0 Å². The fraction of sp³-hybridized carbons (Fsp3) is 0.400. The minimum atomic E-state index is 0.132. The monoisotopic (exact) mass is 179 g/mol. The van der Waals surface area contributed by atoms with Gasteiger partial charge in [-0.2, -0.15) is 0 Å². The third-order valence-corrected chi connectivity index (χ3v) is 2.30. The maximum Gasteiger partial charge on any atom is 0.125 e. The molecule has 0 spiro atoms. The lowest BCUT2D eigenvalue weighted by molar-refractivity contribution is 0.0637. The Labute approximate surface area is 77.5 Å². The highest BCUT2D eigenvalue weighted by atomic mass is 16.5. The van der Waals surface area contributed by atoms with E-state index in [0.717, 1.165) is 30.0 Å². The molecule has 1 aliphatic rings. The average molecular weight is 179 g/mol. The van der Waals surface area contributed by atoms with Gasteiger partial charge in [0, 0.05) is 24.8 Å². The van der Waals surface area contributed by atoms with E-state index in [1.807, 2.05) is 18.2 Å². The summed E-state index contributed by atoms with van der Waals surface area (Å²) in [5.41, 5.74) is 7.51. The highest BCUT2D eigenvalue weighted by Crippen LogP contribution is 2.34. The van der Waals surface area contributed by atoms with E-state index >= 15 is 0 Å². The number of benzene rings is 1. The summed E-state index contributed by atoms with van der Waals surface area (Å²) in [6.07, 6.45) is 1.03. The van der Waals surface area contributed by atoms with Crippen LogP contribution in [0.4, 0.5) is 5.69 Å². The van der Waals surface area contributed by atoms with E-state index in [-0.39, 0.29) is 6.10 Å². The molecule has 1 aromatic carbocycles. The van der Waals surface area contributed by atoms with Gasteiger partial charge in [0.15, 0.2) is 0 Å². The number of ether oxygens (including phenoxy) is 2. The molecule has 1 atom stereocenters. The summed E-state index contributed by atoms with van der Waals surface area (Å²) in [5.74, 6) is 0.896. The molecule has 2 rings (SSSR count). The molecule has 1 aliphatic heterocycles. The summed E-state index contributed by atoms with van der Waals surface area (Å²) in [5, 5.41) is 0. The molecule has 0 aromatic heterocycles. The predicted molar refractivity (Wildman–Crippen MR) is 50.7 cm³/mol. The molecule has 1 unspecified atom stereocenters. The van der Waals surface area contributed by atoms with E-state index in [1.54, 1.807) is 7.11 Å². The molecule has 0 radical (unpaired) electrons. The van der Waals surface area contributed by atoms with Crippen LogP contribution in [-0.2, 0) is 4.74 Å². The van der Waals surface area contributed by atoms with Crippen molar-refractivity contribution >= 4 is 5.69 Å². The van der Waals surface area contributed by atoms with Crippen LogP contribution in [0, 0.1) is 0 Å². The molecule has 2 N–H and O–H groups in total. The van der Waals surface area contributed by atoms with Crippen molar-refractivity contribution in [3.63, 3.8) is 0 Å². The SMILES string of the molecule is COC1CCOc2ccc(N)cc21. The highest BCUT2D eigenvalue weighted by Gasteiger charge is 2.20. The standard InChI is InChI=1S/C10H13NO2/c1-12-9-4-5-13-10-3-2-7(11)6-8(9)10/h2-3,6,9H,4-5,11H2,1H3. The number of nitrogen functional groups attached to an aromatic ring is 1. The van der Waals surface area contributed by atoms with Gasteiger partial charge in [0.2, 0.25) is 0 Å². The second-order valence-corrected chi connectivity index (χ2v) is 3.16. The first-order valence-electron chi connectivity index (χ1n) is 4.36. The van der Waals surface area contributed by atoms with E-state index in [1.165, 1.54) is 0 Å². The van der Waals surface area contributed by atoms with Gasteiger partial charge in [-0.15, -0.1) is 0 Å². The van der Waals surface area contributed by atoms with Crippen molar-refractivity contribution in [1.82, 2.24) is 0 Å². The van der Waals surface area contributed by atoms with Gasteiger partial charge in [-0.05, 0) is 18.2 Å². The molecule has 1 aromatic rings. The number of hydrogen-bond acceptors (Lipinski definition) is 3. The second-order valence-electron chi connectivity index (χ2n) is 3.16. The van der Waals surface area contributed by atoms with Gasteiger partial charge >= 0.3 is 0 Å². The van der Waals surface area contributed by atoms with E-state index in [0.29, 0.717) is 0 Å². The predicted octanol–water partition coefficient (Wildman–Crippen LogP) is 1.74. The van der Waals surface area contributed by atoms with Crippen molar-refractivity contribution < 1.29 is 9.47 Å². The van der Waals surface area contributed by atoms with Crippen LogP contribution in [0.25, 0.3) is 0 Å². The van der Waals surface area contributed by atoms with Crippen molar-refractivity contribution in [2.24, 2.45) is 0 Å². The molecule has 70 valence electrons. The van der Waals surface area contributed by atoms with Crippen molar-refractivity contribution in [3.05, 3.63) is 23.8 Å². The Balaban J connectivity index is 2.41. The molecular formula is C10H13NO2. The quantitative estimate of drug-likeness (QED) is 0.668. The molecule has 0 fully saturated rings. The maximum absolute atomic E-state index is 5.69. The largest absolute Gasteiger partial charge is 0.493 e. The first-order chi connectivity index (χ1) is 6.31. The Morgan fingerprint density at radius 1 is 1.54 bits per heavy atom.